The molecule has 1 aliphatic heterocycles. The standard InChI is InChI=1S/C21H27ClN2O2/c22-16-6-7-20-18(12-16)19(14-23-20)17(15-4-2-1-3-5-15)13-21(25)24-8-10-26-11-9-24/h6-7,12,14-15,17,23H,1-5,8-11,13H2/t17-/m1/s1. The highest BCUT2D eigenvalue weighted by Crippen LogP contribution is 2.41. The molecule has 1 aromatic carbocycles. The Kier molecular flexibility index (Phi) is 5.51. The molecule has 1 aliphatic carbocycles. The van der Waals surface area contributed by atoms with Crippen LogP contribution in [0.5, 0.6) is 0 Å². The van der Waals surface area contributed by atoms with E-state index in [1.165, 1.54) is 43.1 Å². The summed E-state index contributed by atoms with van der Waals surface area (Å²) in [4.78, 5) is 18.3. The van der Waals surface area contributed by atoms with E-state index in [1.807, 2.05) is 23.1 Å². The maximum absolute atomic E-state index is 13.0. The van der Waals surface area contributed by atoms with Gasteiger partial charge in [0.2, 0.25) is 5.91 Å². The number of aromatic nitrogens is 1. The van der Waals surface area contributed by atoms with Crippen molar-refractivity contribution < 1.29 is 9.53 Å². The lowest BCUT2D eigenvalue weighted by molar-refractivity contribution is -0.136. The number of hydrogen-bond donors (Lipinski definition) is 1. The zero-order valence-corrected chi connectivity index (χ0v) is 15.9. The molecule has 2 aliphatic rings. The van der Waals surface area contributed by atoms with Crippen LogP contribution in [0, 0.1) is 5.92 Å². The summed E-state index contributed by atoms with van der Waals surface area (Å²) in [5.41, 5.74) is 2.36. The second kappa shape index (κ2) is 8.01. The van der Waals surface area contributed by atoms with Gasteiger partial charge in [-0.05, 0) is 48.4 Å². The summed E-state index contributed by atoms with van der Waals surface area (Å²) in [6, 6.07) is 5.99. The molecule has 1 aromatic heterocycles. The fraction of sp³-hybridized carbons (Fsp3) is 0.571. The average molecular weight is 375 g/mol. The Balaban J connectivity index is 1.63. The van der Waals surface area contributed by atoms with Crippen LogP contribution >= 0.6 is 11.6 Å². The monoisotopic (exact) mass is 374 g/mol. The van der Waals surface area contributed by atoms with Crippen LogP contribution in [0.3, 0.4) is 0 Å². The summed E-state index contributed by atoms with van der Waals surface area (Å²) < 4.78 is 5.40. The Bertz CT molecular complexity index is 760. The minimum atomic E-state index is 0.262. The van der Waals surface area contributed by atoms with Gasteiger partial charge in [0.05, 0.1) is 13.2 Å². The summed E-state index contributed by atoms with van der Waals surface area (Å²) in [5.74, 6) is 1.10. The third-order valence-electron chi connectivity index (χ3n) is 6.05. The SMILES string of the molecule is O=C(C[C@@H](c1c[nH]c2ccc(Cl)cc12)C1CCCCC1)N1CCOCC1. The van der Waals surface area contributed by atoms with Crippen molar-refractivity contribution >= 4 is 28.4 Å². The molecule has 140 valence electrons. The number of carbonyl (C=O) groups excluding carboxylic acids is 1. The van der Waals surface area contributed by atoms with E-state index in [1.54, 1.807) is 0 Å². The molecule has 2 fully saturated rings. The first-order valence-corrected chi connectivity index (χ1v) is 10.2. The smallest absolute Gasteiger partial charge is 0.223 e. The fourth-order valence-corrected chi connectivity index (χ4v) is 4.79. The molecule has 0 bridgehead atoms. The summed E-state index contributed by atoms with van der Waals surface area (Å²) in [6.45, 7) is 2.75. The number of hydrogen-bond acceptors (Lipinski definition) is 2. The number of aromatic amines is 1. The van der Waals surface area contributed by atoms with Crippen molar-refractivity contribution in [1.82, 2.24) is 9.88 Å². The zero-order valence-electron chi connectivity index (χ0n) is 15.2. The van der Waals surface area contributed by atoms with E-state index in [2.05, 4.69) is 11.2 Å². The number of amides is 1. The van der Waals surface area contributed by atoms with E-state index in [0.29, 0.717) is 25.6 Å². The van der Waals surface area contributed by atoms with E-state index in [9.17, 15) is 4.79 Å². The summed E-state index contributed by atoms with van der Waals surface area (Å²) in [7, 11) is 0. The van der Waals surface area contributed by atoms with Gasteiger partial charge in [0.15, 0.2) is 0 Å². The van der Waals surface area contributed by atoms with Crippen molar-refractivity contribution in [3.8, 4) is 0 Å². The minimum Gasteiger partial charge on any atom is -0.378 e. The lowest BCUT2D eigenvalue weighted by Gasteiger charge is -2.33. The van der Waals surface area contributed by atoms with Gasteiger partial charge in [-0.1, -0.05) is 30.9 Å². The number of halogens is 1. The second-order valence-corrected chi connectivity index (χ2v) is 8.07. The molecule has 2 aromatic rings. The van der Waals surface area contributed by atoms with Gasteiger partial charge in [-0.15, -0.1) is 0 Å². The van der Waals surface area contributed by atoms with E-state index < -0.39 is 0 Å². The van der Waals surface area contributed by atoms with Crippen LogP contribution in [-0.2, 0) is 9.53 Å². The molecule has 5 heteroatoms. The highest BCUT2D eigenvalue weighted by Gasteiger charge is 2.31. The largest absolute Gasteiger partial charge is 0.378 e. The van der Waals surface area contributed by atoms with Crippen LogP contribution < -0.4 is 0 Å². The lowest BCUT2D eigenvalue weighted by Crippen LogP contribution is -2.41. The van der Waals surface area contributed by atoms with Crippen molar-refractivity contribution in [2.75, 3.05) is 26.3 Å². The van der Waals surface area contributed by atoms with Crippen molar-refractivity contribution in [3.63, 3.8) is 0 Å². The van der Waals surface area contributed by atoms with Gasteiger partial charge in [-0.3, -0.25) is 4.79 Å². The van der Waals surface area contributed by atoms with Crippen LogP contribution in [-0.4, -0.2) is 42.1 Å². The van der Waals surface area contributed by atoms with Crippen molar-refractivity contribution in [2.24, 2.45) is 5.92 Å². The first-order chi connectivity index (χ1) is 12.7. The maximum atomic E-state index is 13.0. The Labute approximate surface area is 159 Å². The van der Waals surface area contributed by atoms with Crippen LogP contribution in [0.4, 0.5) is 0 Å². The number of fused-ring (bicyclic) bond motifs is 1. The molecule has 0 radical (unpaired) electrons. The summed E-state index contributed by atoms with van der Waals surface area (Å²) in [6.07, 6.45) is 8.99. The Hall–Kier alpha value is -1.52. The minimum absolute atomic E-state index is 0.262. The predicted octanol–water partition coefficient (Wildman–Crippen LogP) is 4.73. The van der Waals surface area contributed by atoms with Crippen molar-refractivity contribution in [3.05, 3.63) is 35.0 Å². The quantitative estimate of drug-likeness (QED) is 0.840. The first kappa shape index (κ1) is 17.9. The number of carbonyl (C=O) groups is 1. The number of benzene rings is 1. The first-order valence-electron chi connectivity index (χ1n) is 9.84. The van der Waals surface area contributed by atoms with Gasteiger partial charge >= 0.3 is 0 Å². The van der Waals surface area contributed by atoms with Gasteiger partial charge in [-0.2, -0.15) is 0 Å². The van der Waals surface area contributed by atoms with Crippen molar-refractivity contribution in [1.29, 1.82) is 0 Å². The molecule has 1 amide bonds. The molecule has 1 N–H and O–H groups in total. The molecule has 4 nitrogen and oxygen atoms in total. The van der Waals surface area contributed by atoms with Crippen LogP contribution in [0.25, 0.3) is 10.9 Å². The van der Waals surface area contributed by atoms with Crippen LogP contribution in [0.2, 0.25) is 5.02 Å². The molecular weight excluding hydrogens is 348 g/mol. The predicted molar refractivity (Wildman–Crippen MR) is 105 cm³/mol. The normalized spacial score (nSPS) is 20.4. The van der Waals surface area contributed by atoms with Crippen LogP contribution in [0.1, 0.15) is 50.0 Å². The van der Waals surface area contributed by atoms with Gasteiger partial charge < -0.3 is 14.6 Å². The zero-order chi connectivity index (χ0) is 17.9. The number of ether oxygens (including phenoxy) is 1. The molecule has 0 unspecified atom stereocenters. The second-order valence-electron chi connectivity index (χ2n) is 7.64. The lowest BCUT2D eigenvalue weighted by atomic mass is 9.75. The number of morpholine rings is 1. The molecule has 2 heterocycles. The molecule has 1 saturated heterocycles. The topological polar surface area (TPSA) is 45.3 Å². The van der Waals surface area contributed by atoms with Gasteiger partial charge in [-0.25, -0.2) is 0 Å². The van der Waals surface area contributed by atoms with Gasteiger partial charge in [0.1, 0.15) is 0 Å². The third-order valence-corrected chi connectivity index (χ3v) is 6.29. The van der Waals surface area contributed by atoms with Gasteiger partial charge in [0, 0.05) is 41.6 Å². The number of rotatable bonds is 4. The Morgan fingerprint density at radius 2 is 2.00 bits per heavy atom. The van der Waals surface area contributed by atoms with Crippen molar-refractivity contribution in [2.45, 2.75) is 44.4 Å². The molecule has 26 heavy (non-hydrogen) atoms. The van der Waals surface area contributed by atoms with E-state index in [0.717, 1.165) is 23.6 Å². The average Bonchev–Trinajstić information content (AvgIpc) is 3.10. The summed E-state index contributed by atoms with van der Waals surface area (Å²) >= 11 is 6.26. The molecule has 0 spiro atoms. The number of nitrogens with zero attached hydrogens (tertiary/aromatic N) is 1. The molecule has 1 saturated carbocycles. The highest BCUT2D eigenvalue weighted by atomic mass is 35.5. The van der Waals surface area contributed by atoms with Gasteiger partial charge in [0.25, 0.3) is 0 Å². The van der Waals surface area contributed by atoms with E-state index in [4.69, 9.17) is 16.3 Å². The summed E-state index contributed by atoms with van der Waals surface area (Å²) in [5, 5.41) is 1.92. The van der Waals surface area contributed by atoms with E-state index >= 15 is 0 Å². The number of H-pyrrole nitrogens is 1. The van der Waals surface area contributed by atoms with Crippen LogP contribution in [0.15, 0.2) is 24.4 Å². The molecule has 1 atom stereocenters. The Morgan fingerprint density at radius 3 is 2.77 bits per heavy atom. The maximum Gasteiger partial charge on any atom is 0.223 e. The third kappa shape index (κ3) is 3.77. The number of nitrogens with one attached hydrogen (secondary N) is 1. The molecular formula is C21H27ClN2O2. The van der Waals surface area contributed by atoms with E-state index in [-0.39, 0.29) is 11.8 Å². The highest BCUT2D eigenvalue weighted by molar-refractivity contribution is 6.31. The fourth-order valence-electron chi connectivity index (χ4n) is 4.62. The Morgan fingerprint density at radius 1 is 1.23 bits per heavy atom. The molecule has 4 rings (SSSR count).